The highest BCUT2D eigenvalue weighted by Gasteiger charge is 2.51. The third-order valence-corrected chi connectivity index (χ3v) is 23.8. The first kappa shape index (κ1) is 63.1. The summed E-state index contributed by atoms with van der Waals surface area (Å²) in [6, 6.07) is 37.5. The summed E-state index contributed by atoms with van der Waals surface area (Å²) in [5.74, 6) is 5.50. The van der Waals surface area contributed by atoms with Crippen LogP contribution in [0.3, 0.4) is 0 Å². The molecule has 0 radical (unpaired) electrons. The van der Waals surface area contributed by atoms with Gasteiger partial charge in [-0.25, -0.2) is 14.2 Å². The van der Waals surface area contributed by atoms with Gasteiger partial charge in [0.1, 0.15) is 6.73 Å². The van der Waals surface area contributed by atoms with Gasteiger partial charge in [-0.15, -0.1) is 21.5 Å². The van der Waals surface area contributed by atoms with Gasteiger partial charge in [0.25, 0.3) is 8.32 Å². The zero-order valence-corrected chi connectivity index (χ0v) is 53.7. The third-order valence-electron chi connectivity index (χ3n) is 14.8. The molecule has 0 aliphatic carbocycles. The highest BCUT2D eigenvalue weighted by atomic mass is 32.1. The van der Waals surface area contributed by atoms with Crippen molar-refractivity contribution in [3.05, 3.63) is 142 Å². The normalized spacial score (nSPS) is 14.0. The van der Waals surface area contributed by atoms with Crippen molar-refractivity contribution in [3.63, 3.8) is 0 Å². The largest absolute Gasteiger partial charge is 0.491 e. The molecule has 1 atom stereocenters. The summed E-state index contributed by atoms with van der Waals surface area (Å²) in [6.45, 7) is 22.9. The summed E-state index contributed by atoms with van der Waals surface area (Å²) in [6.07, 6.45) is 5.70. The number of para-hydroxylation sites is 1. The lowest BCUT2D eigenvalue weighted by Crippen LogP contribution is -2.68. The predicted molar refractivity (Wildman–Crippen MR) is 343 cm³/mol. The van der Waals surface area contributed by atoms with E-state index in [1.807, 2.05) is 49.0 Å². The number of aromatic carboxylic acids is 1. The van der Waals surface area contributed by atoms with E-state index in [1.54, 1.807) is 23.5 Å². The minimum absolute atomic E-state index is 0.0367. The van der Waals surface area contributed by atoms with Crippen molar-refractivity contribution in [2.45, 2.75) is 116 Å². The Hall–Kier alpha value is -5.93. The smallest absolute Gasteiger partial charge is 0.355 e. The summed E-state index contributed by atoms with van der Waals surface area (Å²) in [5, 5.41) is 26.9. The van der Waals surface area contributed by atoms with Crippen LogP contribution in [-0.4, -0.2) is 136 Å². The number of rotatable bonds is 28. The molecule has 0 spiro atoms. The molecule has 8 rings (SSSR count). The maximum Gasteiger partial charge on any atom is 0.355 e. The van der Waals surface area contributed by atoms with Gasteiger partial charge >= 0.3 is 5.97 Å². The third kappa shape index (κ3) is 17.4. The van der Waals surface area contributed by atoms with E-state index >= 15 is 4.39 Å². The number of piperidine rings is 1. The van der Waals surface area contributed by atoms with Crippen molar-refractivity contribution in [1.29, 1.82) is 0 Å². The van der Waals surface area contributed by atoms with Crippen LogP contribution in [0.25, 0.3) is 10.2 Å². The molecule has 19 heteroatoms. The number of aromatic nitrogens is 4. The number of nitrogens with zero attached hydrogens (tertiary/aromatic N) is 8. The van der Waals surface area contributed by atoms with Gasteiger partial charge in [0.05, 0.1) is 29.5 Å². The molecule has 0 amide bonds. The van der Waals surface area contributed by atoms with E-state index in [2.05, 4.69) is 140 Å². The van der Waals surface area contributed by atoms with Gasteiger partial charge in [0, 0.05) is 51.3 Å². The molecule has 7 aromatic rings. The Labute approximate surface area is 500 Å². The maximum absolute atomic E-state index is 15.2. The van der Waals surface area contributed by atoms with E-state index < -0.39 is 28.2 Å². The quantitative estimate of drug-likeness (QED) is 0.0274. The highest BCUT2D eigenvalue weighted by molar-refractivity contribution is 7.16. The van der Waals surface area contributed by atoms with Crippen molar-refractivity contribution in [2.75, 3.05) is 78.0 Å². The summed E-state index contributed by atoms with van der Waals surface area (Å²) in [5.41, 5.74) is 2.36. The van der Waals surface area contributed by atoms with Gasteiger partial charge in [-0.05, 0) is 136 Å². The summed E-state index contributed by atoms with van der Waals surface area (Å²) in [7, 11) is -0.420. The fourth-order valence-corrected chi connectivity index (χ4v) is 18.0. The molecular weight excluding hydrogens is 1110 g/mol. The highest BCUT2D eigenvalue weighted by Crippen LogP contribution is 2.39. The van der Waals surface area contributed by atoms with E-state index in [0.717, 1.165) is 52.8 Å². The van der Waals surface area contributed by atoms with Crippen LogP contribution in [0.5, 0.6) is 5.75 Å². The van der Waals surface area contributed by atoms with Crippen molar-refractivity contribution in [3.8, 4) is 17.6 Å². The fraction of sp³-hybridized carbons (Fsp3) is 0.453. The number of aryl methyl sites for hydroxylation is 2. The lowest BCUT2D eigenvalue weighted by molar-refractivity contribution is 0.0690. The second kappa shape index (κ2) is 29.7. The number of hydrogen-bond acceptors (Lipinski definition) is 14. The zero-order valence-electron chi connectivity index (χ0n) is 50.0. The first-order valence-electron chi connectivity index (χ1n) is 29.2. The van der Waals surface area contributed by atoms with Crippen molar-refractivity contribution in [1.82, 2.24) is 34.9 Å². The second-order valence-corrected chi connectivity index (χ2v) is 35.9. The Morgan fingerprint density at radius 1 is 0.904 bits per heavy atom. The Bertz CT molecular complexity index is 3310. The SMILES string of the molecule is Cc1cc(N(CCCC(CNCCN2CCCCC2)O[Si](c2ccccc2)(c2ccccc2)C(C)(C)C)c2nc(C(=O)O)c(CCCOc3ccc(C#CCN(C)C)cc3F)s2)nnc1/N=c1\sc2ccccc2n1COCC[Si](C)(C)C. The van der Waals surface area contributed by atoms with E-state index in [4.69, 9.17) is 34.1 Å². The summed E-state index contributed by atoms with van der Waals surface area (Å²) in [4.78, 5) is 30.9. The van der Waals surface area contributed by atoms with Gasteiger partial charge < -0.3 is 34.1 Å². The van der Waals surface area contributed by atoms with E-state index in [-0.39, 0.29) is 29.2 Å². The number of carboxylic acid groups (broad SMARTS) is 1. The van der Waals surface area contributed by atoms with Crippen LogP contribution in [0.2, 0.25) is 30.7 Å². The summed E-state index contributed by atoms with van der Waals surface area (Å²) < 4.78 is 38.4. The topological polar surface area (TPSA) is 143 Å². The number of nitrogens with one attached hydrogen (secondary N) is 1. The van der Waals surface area contributed by atoms with Gasteiger partial charge in [-0.3, -0.25) is 9.47 Å². The number of ether oxygens (including phenoxy) is 2. The standard InChI is InChI=1S/C64H84FN9O5S2Si2/c1-48-44-58(69-70-60(48)68-63-74(47-77-42-43-82(7,8)9)54-30-17-18-31-56(54)80-63)73(62-67-59(61(75)76)57(81-62)32-23-41-78-55-34-33-49(45-53(55)65)24-21-36-71(5)6)39-22-25-50(46-66-35-40-72-37-19-12-20-38-72)79-83(64(2,3)4,51-26-13-10-14-27-51)52-28-15-11-16-29-52/h10-11,13-18,26-31,33-34,44-45,50,66H,12,19-20,22-23,25,32,35-43,46-47H2,1-9H3,(H,75,76)/b68-63-. The van der Waals surface area contributed by atoms with E-state index in [9.17, 15) is 9.90 Å². The van der Waals surface area contributed by atoms with Crippen molar-refractivity contribution < 1.29 is 28.2 Å². The predicted octanol–water partition coefficient (Wildman–Crippen LogP) is 11.5. The van der Waals surface area contributed by atoms with Gasteiger partial charge in [0.15, 0.2) is 38.8 Å². The Morgan fingerprint density at radius 2 is 1.61 bits per heavy atom. The minimum Gasteiger partial charge on any atom is -0.491 e. The molecule has 1 unspecified atom stereocenters. The van der Waals surface area contributed by atoms with Gasteiger partial charge in [-0.1, -0.05) is 143 Å². The number of hydrogen-bond donors (Lipinski definition) is 2. The zero-order chi connectivity index (χ0) is 59.0. The van der Waals surface area contributed by atoms with E-state index in [1.165, 1.54) is 47.0 Å². The molecule has 1 saturated heterocycles. The molecule has 83 heavy (non-hydrogen) atoms. The molecule has 2 N–H and O–H groups in total. The van der Waals surface area contributed by atoms with Crippen molar-refractivity contribution in [2.24, 2.45) is 4.99 Å². The molecule has 1 fully saturated rings. The molecule has 4 heterocycles. The van der Waals surface area contributed by atoms with Gasteiger partial charge in [-0.2, -0.15) is 4.99 Å². The van der Waals surface area contributed by atoms with Crippen LogP contribution in [-0.2, 0) is 22.3 Å². The molecule has 0 saturated carbocycles. The first-order valence-corrected chi connectivity index (χ1v) is 36.5. The van der Waals surface area contributed by atoms with Crippen LogP contribution in [0.15, 0.2) is 114 Å². The monoisotopic (exact) mass is 1200 g/mol. The van der Waals surface area contributed by atoms with Gasteiger partial charge in [0.2, 0.25) is 0 Å². The second-order valence-electron chi connectivity index (χ2n) is 24.0. The van der Waals surface area contributed by atoms with Crippen molar-refractivity contribution >= 4 is 82.4 Å². The van der Waals surface area contributed by atoms with Crippen LogP contribution >= 0.6 is 22.7 Å². The number of carbonyl (C=O) groups is 1. The molecule has 4 aromatic carbocycles. The molecule has 3 aromatic heterocycles. The van der Waals surface area contributed by atoms with Crippen LogP contribution in [0.4, 0.5) is 21.2 Å². The van der Waals surface area contributed by atoms with Crippen LogP contribution in [0, 0.1) is 24.6 Å². The maximum atomic E-state index is 15.2. The Morgan fingerprint density at radius 3 is 2.28 bits per heavy atom. The Balaban J connectivity index is 1.10. The average Bonchev–Trinajstić information content (AvgIpc) is 3.43. The molecule has 14 nitrogen and oxygen atoms in total. The molecule has 442 valence electrons. The van der Waals surface area contributed by atoms with Crippen LogP contribution < -0.4 is 30.1 Å². The first-order chi connectivity index (χ1) is 39.9. The Kier molecular flexibility index (Phi) is 22.6. The average molecular weight is 1200 g/mol. The minimum atomic E-state index is -2.97. The molecular formula is C64H84FN9O5S2Si2. The number of anilines is 2. The fourth-order valence-electron chi connectivity index (χ4n) is 10.4. The number of likely N-dealkylation sites (tertiary alicyclic amines) is 1. The molecule has 1 aliphatic rings. The summed E-state index contributed by atoms with van der Waals surface area (Å²) >= 11 is 2.90. The number of halogens is 1. The number of fused-ring (bicyclic) bond motifs is 1. The lowest BCUT2D eigenvalue weighted by Gasteiger charge is -2.45. The number of thiazole rings is 2. The lowest BCUT2D eigenvalue weighted by atomic mass is 10.1. The number of benzene rings is 4. The number of carboxylic acids is 1. The molecule has 0 bridgehead atoms. The molecule has 1 aliphatic heterocycles. The van der Waals surface area contributed by atoms with Crippen LogP contribution in [0.1, 0.15) is 85.8 Å². The van der Waals surface area contributed by atoms with E-state index in [0.29, 0.717) is 85.9 Å².